The molecule has 1 fully saturated rings. The second kappa shape index (κ2) is 9.36. The topological polar surface area (TPSA) is 70.8 Å². The van der Waals surface area contributed by atoms with E-state index in [1.807, 2.05) is 0 Å². The van der Waals surface area contributed by atoms with E-state index in [2.05, 4.69) is 15.1 Å². The largest absolute Gasteiger partial charge is 0.494 e. The molecule has 0 bridgehead atoms. The Morgan fingerprint density at radius 2 is 1.75 bits per heavy atom. The number of nitrogens with two attached hydrogens (primary N) is 1. The van der Waals surface area contributed by atoms with Crippen molar-refractivity contribution in [3.63, 3.8) is 0 Å². The number of carbonyl (C=O) groups excluding carboxylic acids is 1. The Bertz CT molecular complexity index is 793. The van der Waals surface area contributed by atoms with Gasteiger partial charge >= 0.3 is 6.03 Å². The number of halogens is 2. The highest BCUT2D eigenvalue weighted by Crippen LogP contribution is 2.20. The first-order chi connectivity index (χ1) is 13.5. The van der Waals surface area contributed by atoms with Crippen molar-refractivity contribution < 1.29 is 18.3 Å². The smallest absolute Gasteiger partial charge is 0.316 e. The second-order valence-corrected chi connectivity index (χ2v) is 6.64. The van der Waals surface area contributed by atoms with Gasteiger partial charge in [-0.3, -0.25) is 4.90 Å². The lowest BCUT2D eigenvalue weighted by Gasteiger charge is -2.36. The zero-order valence-electron chi connectivity index (χ0n) is 15.5. The number of primary amides is 1. The maximum absolute atomic E-state index is 13.4. The summed E-state index contributed by atoms with van der Waals surface area (Å²) in [5, 5.41) is 2.50. The maximum Gasteiger partial charge on any atom is 0.316 e. The molecule has 2 aromatic rings. The number of hydrogen-bond donors (Lipinski definition) is 2. The molecule has 6 nitrogen and oxygen atoms in total. The van der Waals surface area contributed by atoms with Crippen LogP contribution >= 0.6 is 0 Å². The summed E-state index contributed by atoms with van der Waals surface area (Å²) in [6.45, 7) is 4.79. The average molecular weight is 390 g/mol. The third-order valence-corrected chi connectivity index (χ3v) is 4.65. The van der Waals surface area contributed by atoms with E-state index in [1.54, 1.807) is 30.3 Å². The van der Waals surface area contributed by atoms with Crippen LogP contribution in [0.25, 0.3) is 0 Å². The quantitative estimate of drug-likeness (QED) is 0.713. The predicted molar refractivity (Wildman–Crippen MR) is 105 cm³/mol. The molecular weight excluding hydrogens is 366 g/mol. The lowest BCUT2D eigenvalue weighted by molar-refractivity contribution is 0.224. The number of piperazine rings is 1. The first kappa shape index (κ1) is 19.9. The zero-order valence-corrected chi connectivity index (χ0v) is 15.5. The molecule has 28 heavy (non-hydrogen) atoms. The first-order valence-corrected chi connectivity index (χ1v) is 9.23. The van der Waals surface area contributed by atoms with Gasteiger partial charge in [0.2, 0.25) is 0 Å². The van der Waals surface area contributed by atoms with E-state index in [0.29, 0.717) is 12.3 Å². The van der Waals surface area contributed by atoms with Gasteiger partial charge in [0.05, 0.1) is 6.61 Å². The highest BCUT2D eigenvalue weighted by Gasteiger charge is 2.17. The number of ether oxygens (including phenoxy) is 1. The summed E-state index contributed by atoms with van der Waals surface area (Å²) in [5.41, 5.74) is 6.41. The Morgan fingerprint density at radius 3 is 2.39 bits per heavy atom. The molecule has 0 saturated carbocycles. The summed E-state index contributed by atoms with van der Waals surface area (Å²) in [4.78, 5) is 15.2. The van der Waals surface area contributed by atoms with Gasteiger partial charge in [-0.15, -0.1) is 0 Å². The Hall–Kier alpha value is -2.87. The first-order valence-electron chi connectivity index (χ1n) is 9.23. The molecule has 1 heterocycles. The van der Waals surface area contributed by atoms with Gasteiger partial charge in [-0.05, 0) is 42.8 Å². The molecule has 1 aliphatic heterocycles. The van der Waals surface area contributed by atoms with Crippen molar-refractivity contribution in [2.45, 2.75) is 6.42 Å². The Balaban J connectivity index is 1.35. The monoisotopic (exact) mass is 390 g/mol. The van der Waals surface area contributed by atoms with Crippen LogP contribution in [-0.4, -0.2) is 50.3 Å². The molecule has 3 rings (SSSR count). The third-order valence-electron chi connectivity index (χ3n) is 4.65. The van der Waals surface area contributed by atoms with Crippen molar-refractivity contribution in [2.24, 2.45) is 5.73 Å². The number of hydrogen-bond acceptors (Lipinski definition) is 4. The van der Waals surface area contributed by atoms with Crippen LogP contribution in [0.3, 0.4) is 0 Å². The van der Waals surface area contributed by atoms with Crippen molar-refractivity contribution in [2.75, 3.05) is 49.5 Å². The molecule has 150 valence electrons. The van der Waals surface area contributed by atoms with Gasteiger partial charge in [0, 0.05) is 50.2 Å². The van der Waals surface area contributed by atoms with Crippen LogP contribution in [0.4, 0.5) is 25.0 Å². The lowest BCUT2D eigenvalue weighted by atomic mass is 10.2. The standard InChI is InChI=1S/C20H24F2N4O2/c21-18-7-4-16(14-19(18)22)26-11-9-25(10-12-26)8-1-13-28-17-5-2-15(3-6-17)24-20(23)27/h2-7,14H,1,8-13H2,(H3,23,24,27). The molecule has 1 saturated heterocycles. The number of benzene rings is 2. The fraction of sp³-hybridized carbons (Fsp3) is 0.350. The van der Waals surface area contributed by atoms with Gasteiger partial charge < -0.3 is 20.7 Å². The van der Waals surface area contributed by atoms with E-state index in [0.717, 1.165) is 50.6 Å². The molecule has 0 spiro atoms. The van der Waals surface area contributed by atoms with E-state index in [9.17, 15) is 13.6 Å². The lowest BCUT2D eigenvalue weighted by Crippen LogP contribution is -2.46. The molecule has 0 atom stereocenters. The summed E-state index contributed by atoms with van der Waals surface area (Å²) in [6.07, 6.45) is 0.881. The van der Waals surface area contributed by atoms with Crippen LogP contribution in [0.5, 0.6) is 5.75 Å². The Morgan fingerprint density at radius 1 is 1.04 bits per heavy atom. The molecule has 1 aliphatic rings. The molecule has 8 heteroatoms. The van der Waals surface area contributed by atoms with Crippen molar-refractivity contribution in [3.05, 3.63) is 54.1 Å². The molecule has 0 aromatic heterocycles. The van der Waals surface area contributed by atoms with E-state index in [-0.39, 0.29) is 0 Å². The fourth-order valence-corrected chi connectivity index (χ4v) is 3.17. The molecule has 3 N–H and O–H groups in total. The predicted octanol–water partition coefficient (Wildman–Crippen LogP) is 3.05. The maximum atomic E-state index is 13.4. The van der Waals surface area contributed by atoms with E-state index >= 15 is 0 Å². The molecule has 2 amide bonds. The highest BCUT2D eigenvalue weighted by atomic mass is 19.2. The van der Waals surface area contributed by atoms with Crippen LogP contribution in [0.15, 0.2) is 42.5 Å². The van der Waals surface area contributed by atoms with Gasteiger partial charge in [-0.1, -0.05) is 0 Å². The number of anilines is 2. The van der Waals surface area contributed by atoms with E-state index < -0.39 is 17.7 Å². The van der Waals surface area contributed by atoms with Crippen LogP contribution in [-0.2, 0) is 0 Å². The van der Waals surface area contributed by atoms with E-state index in [1.165, 1.54) is 12.1 Å². The van der Waals surface area contributed by atoms with Gasteiger partial charge in [-0.2, -0.15) is 0 Å². The van der Waals surface area contributed by atoms with Gasteiger partial charge in [0.25, 0.3) is 0 Å². The van der Waals surface area contributed by atoms with Crippen LogP contribution < -0.4 is 20.7 Å². The Kier molecular flexibility index (Phi) is 6.65. The number of rotatable bonds is 7. The summed E-state index contributed by atoms with van der Waals surface area (Å²) in [6, 6.07) is 10.5. The molecule has 2 aromatic carbocycles. The highest BCUT2D eigenvalue weighted by molar-refractivity contribution is 5.87. The second-order valence-electron chi connectivity index (χ2n) is 6.64. The Labute approximate surface area is 162 Å². The average Bonchev–Trinajstić information content (AvgIpc) is 2.69. The number of nitrogens with zero attached hydrogens (tertiary/aromatic N) is 2. The molecule has 0 aliphatic carbocycles. The van der Waals surface area contributed by atoms with Gasteiger partial charge in [-0.25, -0.2) is 13.6 Å². The molecule has 0 unspecified atom stereocenters. The van der Waals surface area contributed by atoms with Gasteiger partial charge in [0.15, 0.2) is 11.6 Å². The van der Waals surface area contributed by atoms with Crippen molar-refractivity contribution in [3.8, 4) is 5.75 Å². The summed E-state index contributed by atoms with van der Waals surface area (Å²) >= 11 is 0. The van der Waals surface area contributed by atoms with Gasteiger partial charge in [0.1, 0.15) is 5.75 Å². The minimum atomic E-state index is -0.818. The molecular formula is C20H24F2N4O2. The van der Waals surface area contributed by atoms with Crippen LogP contribution in [0.1, 0.15) is 6.42 Å². The zero-order chi connectivity index (χ0) is 19.9. The minimum absolute atomic E-state index is 0.589. The summed E-state index contributed by atoms with van der Waals surface area (Å²) in [7, 11) is 0. The van der Waals surface area contributed by atoms with E-state index in [4.69, 9.17) is 10.5 Å². The normalized spacial score (nSPS) is 14.7. The summed E-state index contributed by atoms with van der Waals surface area (Å²) in [5.74, 6) is -0.894. The number of urea groups is 1. The summed E-state index contributed by atoms with van der Waals surface area (Å²) < 4.78 is 32.2. The minimum Gasteiger partial charge on any atom is -0.494 e. The van der Waals surface area contributed by atoms with Crippen molar-refractivity contribution in [1.82, 2.24) is 4.90 Å². The van der Waals surface area contributed by atoms with Crippen molar-refractivity contribution in [1.29, 1.82) is 0 Å². The van der Waals surface area contributed by atoms with Crippen LogP contribution in [0.2, 0.25) is 0 Å². The fourth-order valence-electron chi connectivity index (χ4n) is 3.17. The molecule has 0 radical (unpaired) electrons. The number of nitrogens with one attached hydrogen (secondary N) is 1. The van der Waals surface area contributed by atoms with Crippen molar-refractivity contribution >= 4 is 17.4 Å². The number of amides is 2. The SMILES string of the molecule is NC(=O)Nc1ccc(OCCCN2CCN(c3ccc(F)c(F)c3)CC2)cc1. The van der Waals surface area contributed by atoms with Crippen LogP contribution in [0, 0.1) is 11.6 Å². The number of carbonyl (C=O) groups is 1. The third kappa shape index (κ3) is 5.56.